The van der Waals surface area contributed by atoms with Crippen LogP contribution in [0.1, 0.15) is 42.6 Å². The molecular weight excluding hydrogens is 312 g/mol. The molecule has 0 bridgehead atoms. The fourth-order valence-corrected chi connectivity index (χ4v) is 5.44. The highest BCUT2D eigenvalue weighted by Gasteiger charge is 2.33. The third-order valence-electron chi connectivity index (χ3n) is 5.03. The van der Waals surface area contributed by atoms with E-state index in [1.807, 2.05) is 21.7 Å². The minimum atomic E-state index is 0.128. The molecule has 1 saturated carbocycles. The highest BCUT2D eigenvalue weighted by Crippen LogP contribution is 2.36. The van der Waals surface area contributed by atoms with E-state index < -0.39 is 0 Å². The summed E-state index contributed by atoms with van der Waals surface area (Å²) in [6.07, 6.45) is 6.56. The molecule has 1 aliphatic heterocycles. The molecular formula is C17H20N2OS2. The van der Waals surface area contributed by atoms with Crippen molar-refractivity contribution in [2.75, 3.05) is 13.1 Å². The van der Waals surface area contributed by atoms with Crippen LogP contribution in [0, 0.1) is 11.8 Å². The van der Waals surface area contributed by atoms with Crippen LogP contribution in [0.15, 0.2) is 22.9 Å². The summed E-state index contributed by atoms with van der Waals surface area (Å²) < 4.78 is 0. The number of piperidine rings is 1. The number of hydrogen-bond acceptors (Lipinski definition) is 4. The van der Waals surface area contributed by atoms with Gasteiger partial charge in [0.25, 0.3) is 5.91 Å². The number of carbonyl (C=O) groups excluding carboxylic acids is 1. The number of hydrogen-bond donors (Lipinski definition) is 0. The number of carbonyl (C=O) groups is 1. The molecule has 3 heterocycles. The van der Waals surface area contributed by atoms with E-state index in [1.165, 1.54) is 32.1 Å². The van der Waals surface area contributed by atoms with E-state index in [9.17, 15) is 4.79 Å². The topological polar surface area (TPSA) is 33.2 Å². The van der Waals surface area contributed by atoms with Gasteiger partial charge >= 0.3 is 0 Å². The molecule has 22 heavy (non-hydrogen) atoms. The number of thiazole rings is 1. The first-order valence-corrected chi connectivity index (χ1v) is 9.86. The zero-order valence-electron chi connectivity index (χ0n) is 12.5. The van der Waals surface area contributed by atoms with Crippen LogP contribution in [0.25, 0.3) is 9.88 Å². The van der Waals surface area contributed by atoms with E-state index in [4.69, 9.17) is 0 Å². The lowest BCUT2D eigenvalue weighted by molar-refractivity contribution is 0.0516. The van der Waals surface area contributed by atoms with E-state index in [1.54, 1.807) is 22.7 Å². The largest absolute Gasteiger partial charge is 0.337 e. The van der Waals surface area contributed by atoms with Gasteiger partial charge in [0.1, 0.15) is 10.7 Å². The van der Waals surface area contributed by atoms with Crippen LogP contribution >= 0.6 is 22.7 Å². The van der Waals surface area contributed by atoms with Crippen molar-refractivity contribution in [2.45, 2.75) is 32.1 Å². The summed E-state index contributed by atoms with van der Waals surface area (Å²) >= 11 is 3.25. The SMILES string of the molecule is O=C(c1csc(-c2cccs2)n1)N1CC[C@H]2CCCC[C@@H]2C1. The van der Waals surface area contributed by atoms with Gasteiger partial charge in [0.2, 0.25) is 0 Å². The molecule has 2 aromatic heterocycles. The molecule has 0 unspecified atom stereocenters. The highest BCUT2D eigenvalue weighted by atomic mass is 32.1. The Balaban J connectivity index is 1.48. The van der Waals surface area contributed by atoms with Gasteiger partial charge in [-0.25, -0.2) is 4.98 Å². The lowest BCUT2D eigenvalue weighted by atomic mass is 9.75. The summed E-state index contributed by atoms with van der Waals surface area (Å²) in [4.78, 5) is 20.5. The van der Waals surface area contributed by atoms with Gasteiger partial charge in [-0.3, -0.25) is 4.79 Å². The Morgan fingerprint density at radius 2 is 2.05 bits per heavy atom. The summed E-state index contributed by atoms with van der Waals surface area (Å²) in [6, 6.07) is 4.09. The van der Waals surface area contributed by atoms with Crippen molar-refractivity contribution in [3.63, 3.8) is 0 Å². The number of nitrogens with zero attached hydrogens (tertiary/aromatic N) is 2. The van der Waals surface area contributed by atoms with Crippen LogP contribution < -0.4 is 0 Å². The maximum absolute atomic E-state index is 12.7. The average molecular weight is 332 g/mol. The highest BCUT2D eigenvalue weighted by molar-refractivity contribution is 7.20. The number of aromatic nitrogens is 1. The number of thiophene rings is 1. The van der Waals surface area contributed by atoms with Gasteiger partial charge in [-0.1, -0.05) is 25.3 Å². The van der Waals surface area contributed by atoms with Crippen LogP contribution in [0.2, 0.25) is 0 Å². The molecule has 4 rings (SSSR count). The fourth-order valence-electron chi connectivity index (χ4n) is 3.83. The minimum Gasteiger partial charge on any atom is -0.337 e. The maximum atomic E-state index is 12.7. The Labute approximate surface area is 139 Å². The molecule has 5 heteroatoms. The quantitative estimate of drug-likeness (QED) is 0.810. The fraction of sp³-hybridized carbons (Fsp3) is 0.529. The molecule has 1 saturated heterocycles. The molecule has 0 N–H and O–H groups in total. The first-order valence-electron chi connectivity index (χ1n) is 8.10. The number of likely N-dealkylation sites (tertiary alicyclic amines) is 1. The lowest BCUT2D eigenvalue weighted by Gasteiger charge is -2.41. The molecule has 2 atom stereocenters. The molecule has 2 aromatic rings. The molecule has 116 valence electrons. The molecule has 0 radical (unpaired) electrons. The van der Waals surface area contributed by atoms with E-state index in [2.05, 4.69) is 11.1 Å². The van der Waals surface area contributed by atoms with Gasteiger partial charge in [0, 0.05) is 18.5 Å². The van der Waals surface area contributed by atoms with Gasteiger partial charge in [0.15, 0.2) is 0 Å². The number of fused-ring (bicyclic) bond motifs is 1. The van der Waals surface area contributed by atoms with Crippen molar-refractivity contribution in [1.82, 2.24) is 9.88 Å². The smallest absolute Gasteiger partial charge is 0.273 e. The molecule has 1 aliphatic carbocycles. The summed E-state index contributed by atoms with van der Waals surface area (Å²) in [5.41, 5.74) is 0.627. The van der Waals surface area contributed by atoms with E-state index in [-0.39, 0.29) is 5.91 Å². The summed E-state index contributed by atoms with van der Waals surface area (Å²) in [7, 11) is 0. The standard InChI is InChI=1S/C17H20N2OS2/c20-17(14-11-22-16(18-14)15-6-3-9-21-15)19-8-7-12-4-1-2-5-13(12)10-19/h3,6,9,11-13H,1-2,4-5,7-8,10H2/t12-,13-/m1/s1. The van der Waals surface area contributed by atoms with E-state index >= 15 is 0 Å². The second-order valence-corrected chi connectivity index (χ2v) is 8.17. The van der Waals surface area contributed by atoms with Crippen molar-refractivity contribution >= 4 is 28.6 Å². The van der Waals surface area contributed by atoms with Crippen LogP contribution in [0.3, 0.4) is 0 Å². The summed E-state index contributed by atoms with van der Waals surface area (Å²) in [5, 5.41) is 4.93. The zero-order chi connectivity index (χ0) is 14.9. The Morgan fingerprint density at radius 1 is 1.18 bits per heavy atom. The third-order valence-corrected chi connectivity index (χ3v) is 6.92. The average Bonchev–Trinajstić information content (AvgIpc) is 3.24. The monoisotopic (exact) mass is 332 g/mol. The van der Waals surface area contributed by atoms with Gasteiger partial charge in [0.05, 0.1) is 4.88 Å². The summed E-state index contributed by atoms with van der Waals surface area (Å²) in [5.74, 6) is 1.71. The minimum absolute atomic E-state index is 0.128. The molecule has 2 aliphatic rings. The summed E-state index contributed by atoms with van der Waals surface area (Å²) in [6.45, 7) is 1.85. The van der Waals surface area contributed by atoms with Crippen molar-refractivity contribution in [1.29, 1.82) is 0 Å². The number of amides is 1. The zero-order valence-corrected chi connectivity index (χ0v) is 14.2. The van der Waals surface area contributed by atoms with Crippen molar-refractivity contribution < 1.29 is 4.79 Å². The predicted molar refractivity (Wildman–Crippen MR) is 91.4 cm³/mol. The van der Waals surface area contributed by atoms with Gasteiger partial charge < -0.3 is 4.90 Å². The third kappa shape index (κ3) is 2.72. The van der Waals surface area contributed by atoms with Crippen molar-refractivity contribution in [3.05, 3.63) is 28.6 Å². The van der Waals surface area contributed by atoms with Gasteiger partial charge in [-0.05, 0) is 36.1 Å². The Kier molecular flexibility index (Phi) is 4.01. The van der Waals surface area contributed by atoms with Crippen LogP contribution in [0.5, 0.6) is 0 Å². The van der Waals surface area contributed by atoms with Gasteiger partial charge in [-0.15, -0.1) is 22.7 Å². The first-order chi connectivity index (χ1) is 10.8. The number of rotatable bonds is 2. The maximum Gasteiger partial charge on any atom is 0.273 e. The Bertz CT molecular complexity index is 649. The second kappa shape index (κ2) is 6.13. The van der Waals surface area contributed by atoms with Crippen LogP contribution in [-0.4, -0.2) is 28.9 Å². The lowest BCUT2D eigenvalue weighted by Crippen LogP contribution is -2.44. The molecule has 2 fully saturated rings. The van der Waals surface area contributed by atoms with Gasteiger partial charge in [-0.2, -0.15) is 0 Å². The van der Waals surface area contributed by atoms with Crippen LogP contribution in [0.4, 0.5) is 0 Å². The predicted octanol–water partition coefficient (Wildman–Crippen LogP) is 4.52. The first kappa shape index (κ1) is 14.4. The molecule has 0 aromatic carbocycles. The Morgan fingerprint density at radius 3 is 2.86 bits per heavy atom. The van der Waals surface area contributed by atoms with Crippen LogP contribution in [-0.2, 0) is 0 Å². The normalized spacial score (nSPS) is 25.0. The van der Waals surface area contributed by atoms with Crippen molar-refractivity contribution in [2.24, 2.45) is 11.8 Å². The Hall–Kier alpha value is -1.20. The molecule has 0 spiro atoms. The molecule has 3 nitrogen and oxygen atoms in total. The van der Waals surface area contributed by atoms with E-state index in [0.29, 0.717) is 5.69 Å². The molecule has 1 amide bonds. The van der Waals surface area contributed by atoms with E-state index in [0.717, 1.165) is 34.8 Å². The second-order valence-electron chi connectivity index (χ2n) is 6.36. The van der Waals surface area contributed by atoms with Crippen molar-refractivity contribution in [3.8, 4) is 9.88 Å².